The fraction of sp³-hybridized carbons (Fsp3) is 0.500. The van der Waals surface area contributed by atoms with Gasteiger partial charge in [-0.3, -0.25) is 0 Å². The number of aromatic nitrogens is 2. The smallest absolute Gasteiger partial charge is 0.151 e. The topological polar surface area (TPSA) is 44.9 Å². The molecule has 0 bridgehead atoms. The van der Waals surface area contributed by atoms with Gasteiger partial charge in [0.05, 0.1) is 6.33 Å². The minimum atomic E-state index is 0.525. The largest absolute Gasteiger partial charge is 0.355 e. The lowest BCUT2D eigenvalue weighted by Gasteiger charge is -2.17. The van der Waals surface area contributed by atoms with Crippen LogP contribution in [0.25, 0.3) is 0 Å². The van der Waals surface area contributed by atoms with Gasteiger partial charge in [0.25, 0.3) is 0 Å². The summed E-state index contributed by atoms with van der Waals surface area (Å²) < 4.78 is 2.27. The van der Waals surface area contributed by atoms with Crippen molar-refractivity contribution in [3.05, 3.63) is 16.5 Å². The third-order valence-corrected chi connectivity index (χ3v) is 3.12. The lowest BCUT2D eigenvalue weighted by Crippen LogP contribution is -2.21. The van der Waals surface area contributed by atoms with Crippen molar-refractivity contribution in [2.75, 3.05) is 18.0 Å². The number of hydrogen-bond acceptors (Lipinski definition) is 4. The zero-order valence-electron chi connectivity index (χ0n) is 8.60. The second-order valence-corrected chi connectivity index (χ2v) is 4.05. The van der Waals surface area contributed by atoms with Crippen LogP contribution in [0.3, 0.4) is 0 Å². The van der Waals surface area contributed by atoms with Crippen molar-refractivity contribution in [1.82, 2.24) is 9.55 Å². The Morgan fingerprint density at radius 1 is 1.47 bits per heavy atom. The standard InChI is InChI=1S/C10H12N4S/c1-13-7-12-9(8(6-11)10(13)15)14-4-2-3-5-14/h7H,2-5H2,1H3. The molecule has 0 radical (unpaired) electrons. The summed E-state index contributed by atoms with van der Waals surface area (Å²) in [6, 6.07) is 2.15. The van der Waals surface area contributed by atoms with Crippen LogP contribution in [-0.4, -0.2) is 22.6 Å². The fourth-order valence-electron chi connectivity index (χ4n) is 1.80. The van der Waals surface area contributed by atoms with Crippen LogP contribution in [-0.2, 0) is 7.05 Å². The minimum Gasteiger partial charge on any atom is -0.355 e. The Bertz CT molecular complexity index is 465. The quantitative estimate of drug-likeness (QED) is 0.675. The van der Waals surface area contributed by atoms with Gasteiger partial charge in [-0.05, 0) is 12.8 Å². The van der Waals surface area contributed by atoms with Crippen LogP contribution in [0.5, 0.6) is 0 Å². The molecule has 1 aliphatic rings. The van der Waals surface area contributed by atoms with E-state index in [1.54, 1.807) is 10.9 Å². The molecule has 1 saturated heterocycles. The molecule has 0 aromatic carbocycles. The Kier molecular flexibility index (Phi) is 2.69. The Morgan fingerprint density at radius 2 is 2.13 bits per heavy atom. The Hall–Kier alpha value is -1.41. The summed E-state index contributed by atoms with van der Waals surface area (Å²) in [5.41, 5.74) is 0.525. The molecule has 2 rings (SSSR count). The first-order valence-electron chi connectivity index (χ1n) is 4.94. The summed E-state index contributed by atoms with van der Waals surface area (Å²) in [5, 5.41) is 9.09. The van der Waals surface area contributed by atoms with Crippen LogP contribution in [0, 0.1) is 16.0 Å². The normalized spacial score (nSPS) is 15.3. The van der Waals surface area contributed by atoms with E-state index in [-0.39, 0.29) is 0 Å². The molecule has 4 nitrogen and oxygen atoms in total. The predicted octanol–water partition coefficient (Wildman–Crippen LogP) is 1.62. The van der Waals surface area contributed by atoms with E-state index in [0.29, 0.717) is 10.2 Å². The molecule has 1 aromatic rings. The molecule has 0 spiro atoms. The van der Waals surface area contributed by atoms with Gasteiger partial charge in [-0.25, -0.2) is 4.98 Å². The number of aryl methyl sites for hydroxylation is 1. The van der Waals surface area contributed by atoms with Gasteiger partial charge >= 0.3 is 0 Å². The minimum absolute atomic E-state index is 0.525. The van der Waals surface area contributed by atoms with Gasteiger partial charge in [-0.2, -0.15) is 5.26 Å². The molecule has 0 unspecified atom stereocenters. The Morgan fingerprint density at radius 3 is 2.73 bits per heavy atom. The van der Waals surface area contributed by atoms with E-state index in [2.05, 4.69) is 16.0 Å². The SMILES string of the molecule is Cn1cnc(N2CCCC2)c(C#N)c1=S. The van der Waals surface area contributed by atoms with E-state index in [0.717, 1.165) is 18.9 Å². The zero-order chi connectivity index (χ0) is 10.8. The fourth-order valence-corrected chi connectivity index (χ4v) is 1.98. The Balaban J connectivity index is 2.52. The average molecular weight is 220 g/mol. The van der Waals surface area contributed by atoms with Crippen LogP contribution in [0.15, 0.2) is 6.33 Å². The molecule has 15 heavy (non-hydrogen) atoms. The van der Waals surface area contributed by atoms with Gasteiger partial charge in [-0.1, -0.05) is 12.2 Å². The highest BCUT2D eigenvalue weighted by Crippen LogP contribution is 2.21. The van der Waals surface area contributed by atoms with Gasteiger partial charge in [0, 0.05) is 20.1 Å². The number of nitriles is 1. The average Bonchev–Trinajstić information content (AvgIpc) is 2.75. The summed E-state index contributed by atoms with van der Waals surface area (Å²) in [4.78, 5) is 6.42. The molecule has 1 fully saturated rings. The lowest BCUT2D eigenvalue weighted by molar-refractivity contribution is 0.823. The van der Waals surface area contributed by atoms with E-state index in [1.807, 2.05) is 7.05 Å². The molecule has 0 saturated carbocycles. The van der Waals surface area contributed by atoms with Crippen molar-refractivity contribution in [2.45, 2.75) is 12.8 Å². The highest BCUT2D eigenvalue weighted by molar-refractivity contribution is 7.71. The molecule has 5 heteroatoms. The van der Waals surface area contributed by atoms with Crippen LogP contribution in [0.4, 0.5) is 5.82 Å². The maximum Gasteiger partial charge on any atom is 0.151 e. The third-order valence-electron chi connectivity index (χ3n) is 2.63. The Labute approximate surface area is 93.8 Å². The summed E-state index contributed by atoms with van der Waals surface area (Å²) in [6.45, 7) is 1.95. The van der Waals surface area contributed by atoms with Crippen LogP contribution < -0.4 is 4.90 Å². The number of anilines is 1. The molecule has 1 aliphatic heterocycles. The summed E-state index contributed by atoms with van der Waals surface area (Å²) in [7, 11) is 1.81. The van der Waals surface area contributed by atoms with Gasteiger partial charge in [0.2, 0.25) is 0 Å². The third kappa shape index (κ3) is 1.73. The first-order chi connectivity index (χ1) is 7.24. The van der Waals surface area contributed by atoms with Crippen molar-refractivity contribution in [1.29, 1.82) is 5.26 Å². The molecule has 0 N–H and O–H groups in total. The van der Waals surface area contributed by atoms with Crippen LogP contribution >= 0.6 is 12.2 Å². The molecular formula is C10H12N4S. The molecule has 0 aliphatic carbocycles. The molecule has 2 heterocycles. The van der Waals surface area contributed by atoms with Crippen LogP contribution in [0.1, 0.15) is 18.4 Å². The summed E-state index contributed by atoms with van der Waals surface area (Å²) in [5.74, 6) is 0.748. The van der Waals surface area contributed by atoms with Crippen molar-refractivity contribution in [3.63, 3.8) is 0 Å². The van der Waals surface area contributed by atoms with E-state index in [1.165, 1.54) is 12.8 Å². The predicted molar refractivity (Wildman–Crippen MR) is 60.2 cm³/mol. The first-order valence-corrected chi connectivity index (χ1v) is 5.35. The van der Waals surface area contributed by atoms with Gasteiger partial charge < -0.3 is 9.47 Å². The number of nitrogens with zero attached hydrogens (tertiary/aromatic N) is 4. The first kappa shape index (κ1) is 10.1. The van der Waals surface area contributed by atoms with E-state index in [4.69, 9.17) is 17.5 Å². The summed E-state index contributed by atoms with van der Waals surface area (Å²) >= 11 is 5.19. The molecule has 78 valence electrons. The van der Waals surface area contributed by atoms with Gasteiger partial charge in [0.15, 0.2) is 5.82 Å². The van der Waals surface area contributed by atoms with E-state index >= 15 is 0 Å². The van der Waals surface area contributed by atoms with Crippen molar-refractivity contribution in [3.8, 4) is 6.07 Å². The van der Waals surface area contributed by atoms with E-state index < -0.39 is 0 Å². The van der Waals surface area contributed by atoms with Gasteiger partial charge in [0.1, 0.15) is 16.3 Å². The second kappa shape index (κ2) is 3.99. The number of rotatable bonds is 1. The molecular weight excluding hydrogens is 208 g/mol. The number of hydrogen-bond donors (Lipinski definition) is 0. The van der Waals surface area contributed by atoms with Crippen molar-refractivity contribution in [2.24, 2.45) is 7.05 Å². The molecule has 1 aromatic heterocycles. The lowest BCUT2D eigenvalue weighted by atomic mass is 10.3. The molecule has 0 amide bonds. The highest BCUT2D eigenvalue weighted by atomic mass is 32.1. The van der Waals surface area contributed by atoms with Gasteiger partial charge in [-0.15, -0.1) is 0 Å². The maximum atomic E-state index is 9.09. The second-order valence-electron chi connectivity index (χ2n) is 3.67. The molecule has 0 atom stereocenters. The zero-order valence-corrected chi connectivity index (χ0v) is 9.42. The van der Waals surface area contributed by atoms with Crippen molar-refractivity contribution < 1.29 is 0 Å². The van der Waals surface area contributed by atoms with Crippen molar-refractivity contribution >= 4 is 18.0 Å². The summed E-state index contributed by atoms with van der Waals surface area (Å²) in [6.07, 6.45) is 4.01. The monoisotopic (exact) mass is 220 g/mol. The van der Waals surface area contributed by atoms with E-state index in [9.17, 15) is 0 Å². The highest BCUT2D eigenvalue weighted by Gasteiger charge is 2.18. The maximum absolute atomic E-state index is 9.09. The van der Waals surface area contributed by atoms with Crippen LogP contribution in [0.2, 0.25) is 0 Å².